The normalized spacial score (nSPS) is 24.5. The van der Waals surface area contributed by atoms with Gasteiger partial charge in [-0.15, -0.1) is 0 Å². The summed E-state index contributed by atoms with van der Waals surface area (Å²) >= 11 is 0. The third-order valence-electron chi connectivity index (χ3n) is 4.25. The summed E-state index contributed by atoms with van der Waals surface area (Å²) in [5.41, 5.74) is 0. The Kier molecular flexibility index (Phi) is 7.25. The summed E-state index contributed by atoms with van der Waals surface area (Å²) in [6.07, 6.45) is 4.24. The summed E-state index contributed by atoms with van der Waals surface area (Å²) in [4.78, 5) is 2.69. The predicted molar refractivity (Wildman–Crippen MR) is 80.9 cm³/mol. The Bertz CT molecular complexity index is 213. The van der Waals surface area contributed by atoms with E-state index >= 15 is 0 Å². The van der Waals surface area contributed by atoms with Gasteiger partial charge >= 0.3 is 0 Å². The van der Waals surface area contributed by atoms with Crippen molar-refractivity contribution in [2.75, 3.05) is 26.2 Å². The van der Waals surface area contributed by atoms with Gasteiger partial charge in [-0.25, -0.2) is 0 Å². The molecule has 0 amide bonds. The highest BCUT2D eigenvalue weighted by Gasteiger charge is 2.20. The third kappa shape index (κ3) is 6.19. The lowest BCUT2D eigenvalue weighted by atomic mass is 9.89. The van der Waals surface area contributed by atoms with Crippen LogP contribution in [0.4, 0.5) is 0 Å². The quantitative estimate of drug-likeness (QED) is 0.782. The van der Waals surface area contributed by atoms with E-state index in [2.05, 4.69) is 44.8 Å². The van der Waals surface area contributed by atoms with Gasteiger partial charge in [0.05, 0.1) is 0 Å². The molecule has 1 aliphatic rings. The number of hydrogen-bond acceptors (Lipinski definition) is 2. The number of rotatable bonds is 6. The van der Waals surface area contributed by atoms with Gasteiger partial charge in [-0.2, -0.15) is 0 Å². The summed E-state index contributed by atoms with van der Waals surface area (Å²) in [6.45, 7) is 16.7. The van der Waals surface area contributed by atoms with Crippen LogP contribution in [0.2, 0.25) is 0 Å². The Morgan fingerprint density at radius 3 is 2.39 bits per heavy atom. The Morgan fingerprint density at radius 1 is 1.06 bits per heavy atom. The maximum Gasteiger partial charge on any atom is 0.00191 e. The summed E-state index contributed by atoms with van der Waals surface area (Å²) in [6, 6.07) is 0.613. The molecule has 0 aromatic heterocycles. The van der Waals surface area contributed by atoms with Crippen molar-refractivity contribution in [1.29, 1.82) is 0 Å². The molecule has 0 radical (unpaired) electrons. The highest BCUT2D eigenvalue weighted by atomic mass is 15.1. The second-order valence-corrected chi connectivity index (χ2v) is 6.90. The first kappa shape index (κ1) is 16.0. The van der Waals surface area contributed by atoms with Gasteiger partial charge in [-0.1, -0.05) is 34.6 Å². The summed E-state index contributed by atoms with van der Waals surface area (Å²) in [5, 5.41) is 3.55. The minimum atomic E-state index is 0.613. The smallest absolute Gasteiger partial charge is 0.00191 e. The van der Waals surface area contributed by atoms with E-state index in [1.54, 1.807) is 0 Å². The number of nitrogens with one attached hydrogen (secondary N) is 1. The van der Waals surface area contributed by atoms with E-state index in [-0.39, 0.29) is 0 Å². The van der Waals surface area contributed by atoms with Crippen LogP contribution in [0.25, 0.3) is 0 Å². The molecule has 1 saturated heterocycles. The molecule has 1 fully saturated rings. The lowest BCUT2D eigenvalue weighted by Gasteiger charge is -2.25. The van der Waals surface area contributed by atoms with Crippen LogP contribution in [0.15, 0.2) is 0 Å². The molecule has 108 valence electrons. The molecular weight excluding hydrogens is 220 g/mol. The molecule has 1 N–H and O–H groups in total. The van der Waals surface area contributed by atoms with Crippen LogP contribution in [0.1, 0.15) is 53.9 Å². The fourth-order valence-electron chi connectivity index (χ4n) is 2.97. The molecule has 2 atom stereocenters. The molecule has 18 heavy (non-hydrogen) atoms. The monoisotopic (exact) mass is 254 g/mol. The van der Waals surface area contributed by atoms with E-state index in [4.69, 9.17) is 0 Å². The number of nitrogens with zero attached hydrogens (tertiary/aromatic N) is 1. The Labute approximate surface area is 115 Å². The summed E-state index contributed by atoms with van der Waals surface area (Å²) < 4.78 is 0. The first-order valence-corrected chi connectivity index (χ1v) is 7.94. The van der Waals surface area contributed by atoms with Gasteiger partial charge in [-0.3, -0.25) is 0 Å². The minimum absolute atomic E-state index is 0.613. The zero-order chi connectivity index (χ0) is 13.5. The standard InChI is InChI=1S/C16H34N2/c1-13(2)16-7-6-9-18(10-8-16)12-15(5)11-17-14(3)4/h13-17H,6-12H2,1-5H3. The molecule has 0 spiro atoms. The summed E-state index contributed by atoms with van der Waals surface area (Å²) in [5.74, 6) is 2.59. The molecule has 1 heterocycles. The molecule has 0 saturated carbocycles. The SMILES string of the molecule is CC(CNC(C)C)CN1CCCC(C(C)C)CC1. The van der Waals surface area contributed by atoms with Crippen LogP contribution in [-0.2, 0) is 0 Å². The lowest BCUT2D eigenvalue weighted by molar-refractivity contribution is 0.234. The third-order valence-corrected chi connectivity index (χ3v) is 4.25. The van der Waals surface area contributed by atoms with E-state index < -0.39 is 0 Å². The second-order valence-electron chi connectivity index (χ2n) is 6.90. The van der Waals surface area contributed by atoms with Crippen LogP contribution in [0.3, 0.4) is 0 Å². The van der Waals surface area contributed by atoms with Crippen molar-refractivity contribution in [3.05, 3.63) is 0 Å². The maximum absolute atomic E-state index is 3.55. The van der Waals surface area contributed by atoms with E-state index in [1.807, 2.05) is 0 Å². The van der Waals surface area contributed by atoms with E-state index in [0.29, 0.717) is 6.04 Å². The molecule has 0 aromatic rings. The van der Waals surface area contributed by atoms with Gasteiger partial charge in [0, 0.05) is 12.6 Å². The van der Waals surface area contributed by atoms with Crippen molar-refractivity contribution in [1.82, 2.24) is 10.2 Å². The van der Waals surface area contributed by atoms with Crippen LogP contribution >= 0.6 is 0 Å². The van der Waals surface area contributed by atoms with Crippen molar-refractivity contribution < 1.29 is 0 Å². The fraction of sp³-hybridized carbons (Fsp3) is 1.00. The average molecular weight is 254 g/mol. The first-order valence-electron chi connectivity index (χ1n) is 7.94. The fourth-order valence-corrected chi connectivity index (χ4v) is 2.97. The largest absolute Gasteiger partial charge is 0.314 e. The summed E-state index contributed by atoms with van der Waals surface area (Å²) in [7, 11) is 0. The van der Waals surface area contributed by atoms with Crippen molar-refractivity contribution in [3.63, 3.8) is 0 Å². The van der Waals surface area contributed by atoms with Gasteiger partial charge in [0.2, 0.25) is 0 Å². The van der Waals surface area contributed by atoms with Crippen LogP contribution < -0.4 is 5.32 Å². The Morgan fingerprint density at radius 2 is 1.78 bits per heavy atom. The van der Waals surface area contributed by atoms with Crippen LogP contribution in [0, 0.1) is 17.8 Å². The highest BCUT2D eigenvalue weighted by molar-refractivity contribution is 4.74. The van der Waals surface area contributed by atoms with Crippen molar-refractivity contribution >= 4 is 0 Å². The van der Waals surface area contributed by atoms with Crippen LogP contribution in [-0.4, -0.2) is 37.1 Å². The van der Waals surface area contributed by atoms with Crippen molar-refractivity contribution in [3.8, 4) is 0 Å². The molecule has 0 aliphatic carbocycles. The van der Waals surface area contributed by atoms with E-state index in [1.165, 1.54) is 38.9 Å². The van der Waals surface area contributed by atoms with Gasteiger partial charge in [0.25, 0.3) is 0 Å². The maximum atomic E-state index is 3.55. The van der Waals surface area contributed by atoms with E-state index in [0.717, 1.165) is 24.3 Å². The van der Waals surface area contributed by atoms with Crippen molar-refractivity contribution in [2.24, 2.45) is 17.8 Å². The first-order chi connectivity index (χ1) is 8.49. The van der Waals surface area contributed by atoms with Gasteiger partial charge in [-0.05, 0) is 56.7 Å². The molecule has 2 nitrogen and oxygen atoms in total. The number of likely N-dealkylation sites (tertiary alicyclic amines) is 1. The van der Waals surface area contributed by atoms with E-state index in [9.17, 15) is 0 Å². The van der Waals surface area contributed by atoms with Crippen molar-refractivity contribution in [2.45, 2.75) is 59.9 Å². The predicted octanol–water partition coefficient (Wildman–Crippen LogP) is 3.38. The molecule has 1 rings (SSSR count). The molecule has 0 bridgehead atoms. The Hall–Kier alpha value is -0.0800. The second kappa shape index (κ2) is 8.16. The Balaban J connectivity index is 2.26. The van der Waals surface area contributed by atoms with Gasteiger partial charge in [0.1, 0.15) is 0 Å². The van der Waals surface area contributed by atoms with Gasteiger partial charge < -0.3 is 10.2 Å². The molecule has 0 aromatic carbocycles. The van der Waals surface area contributed by atoms with Crippen LogP contribution in [0.5, 0.6) is 0 Å². The average Bonchev–Trinajstić information content (AvgIpc) is 2.52. The molecule has 2 unspecified atom stereocenters. The molecule has 1 aliphatic heterocycles. The topological polar surface area (TPSA) is 15.3 Å². The van der Waals surface area contributed by atoms with Gasteiger partial charge in [0.15, 0.2) is 0 Å². The minimum Gasteiger partial charge on any atom is -0.314 e. The zero-order valence-corrected chi connectivity index (χ0v) is 13.2. The lowest BCUT2D eigenvalue weighted by Crippen LogP contribution is -2.36. The number of hydrogen-bond donors (Lipinski definition) is 1. The zero-order valence-electron chi connectivity index (χ0n) is 13.2. The highest BCUT2D eigenvalue weighted by Crippen LogP contribution is 2.24. The molecular formula is C16H34N2. The molecule has 2 heteroatoms.